The normalized spacial score (nSPS) is 9.65. The van der Waals surface area contributed by atoms with Gasteiger partial charge in [-0.15, -0.1) is 0 Å². The first kappa shape index (κ1) is 13.6. The maximum atomic E-state index is 11.9. The highest BCUT2D eigenvalue weighted by Gasteiger charge is 2.04. The van der Waals surface area contributed by atoms with Crippen molar-refractivity contribution in [3.63, 3.8) is 0 Å². The minimum Gasteiger partial charge on any atom is -0.322 e. The highest BCUT2D eigenvalue weighted by Crippen LogP contribution is 2.14. The summed E-state index contributed by atoms with van der Waals surface area (Å²) >= 11 is 0. The van der Waals surface area contributed by atoms with E-state index < -0.39 is 0 Å². The summed E-state index contributed by atoms with van der Waals surface area (Å²) in [6, 6.07) is 16.0. The van der Waals surface area contributed by atoms with Crippen molar-refractivity contribution < 1.29 is 9.59 Å². The van der Waals surface area contributed by atoms with Gasteiger partial charge in [-0.3, -0.25) is 20.4 Å². The summed E-state index contributed by atoms with van der Waals surface area (Å²) in [7, 11) is 0. The van der Waals surface area contributed by atoms with Gasteiger partial charge < -0.3 is 5.32 Å². The van der Waals surface area contributed by atoms with Gasteiger partial charge in [0.15, 0.2) is 0 Å². The van der Waals surface area contributed by atoms with Crippen LogP contribution >= 0.6 is 0 Å². The lowest BCUT2D eigenvalue weighted by atomic mass is 10.2. The van der Waals surface area contributed by atoms with E-state index in [0.29, 0.717) is 11.3 Å². The van der Waals surface area contributed by atoms with Crippen LogP contribution in [0.3, 0.4) is 0 Å². The number of hydrogen-bond donors (Lipinski definition) is 3. The highest BCUT2D eigenvalue weighted by molar-refractivity contribution is 6.04. The Labute approximate surface area is 117 Å². The quantitative estimate of drug-likeness (QED) is 0.746. The minimum absolute atomic E-state index is 0.159. The zero-order valence-electron chi connectivity index (χ0n) is 11.0. The molecule has 0 aromatic heterocycles. The van der Waals surface area contributed by atoms with E-state index in [9.17, 15) is 9.59 Å². The molecule has 2 aromatic carbocycles. The molecule has 0 bridgehead atoms. The van der Waals surface area contributed by atoms with Gasteiger partial charge in [-0.05, 0) is 36.4 Å². The zero-order chi connectivity index (χ0) is 14.4. The maximum absolute atomic E-state index is 11.9. The summed E-state index contributed by atoms with van der Waals surface area (Å²) in [5, 5.41) is 2.80. The predicted octanol–water partition coefficient (Wildman–Crippen LogP) is 2.40. The van der Waals surface area contributed by atoms with E-state index in [2.05, 4.69) is 16.2 Å². The summed E-state index contributed by atoms with van der Waals surface area (Å²) in [4.78, 5) is 22.7. The average molecular weight is 269 g/mol. The van der Waals surface area contributed by atoms with Crippen molar-refractivity contribution in [3.8, 4) is 0 Å². The molecule has 0 aliphatic carbocycles. The third kappa shape index (κ3) is 3.84. The number of carbonyl (C=O) groups is 2. The second kappa shape index (κ2) is 6.38. The van der Waals surface area contributed by atoms with Gasteiger partial charge >= 0.3 is 0 Å². The molecule has 0 aliphatic rings. The van der Waals surface area contributed by atoms with E-state index >= 15 is 0 Å². The number of carbonyl (C=O) groups excluding carboxylic acids is 2. The SMILES string of the molecule is CC(=O)NNc1ccc(NC(=O)c2ccccc2)cc1. The number of amides is 2. The summed E-state index contributed by atoms with van der Waals surface area (Å²) in [6.45, 7) is 1.42. The molecule has 0 atom stereocenters. The van der Waals surface area contributed by atoms with Gasteiger partial charge in [0, 0.05) is 18.2 Å². The summed E-state index contributed by atoms with van der Waals surface area (Å²) in [5.74, 6) is -0.334. The third-order valence-electron chi connectivity index (χ3n) is 2.56. The molecule has 2 amide bonds. The molecule has 3 N–H and O–H groups in total. The summed E-state index contributed by atoms with van der Waals surface area (Å²) in [5.41, 5.74) is 7.24. The van der Waals surface area contributed by atoms with Crippen LogP contribution in [0.25, 0.3) is 0 Å². The van der Waals surface area contributed by atoms with Crippen LogP contribution in [0.15, 0.2) is 54.6 Å². The molecule has 0 fully saturated rings. The molecule has 5 nitrogen and oxygen atoms in total. The molecule has 5 heteroatoms. The lowest BCUT2D eigenvalue weighted by molar-refractivity contribution is -0.118. The van der Waals surface area contributed by atoms with Gasteiger partial charge in [-0.1, -0.05) is 18.2 Å². The van der Waals surface area contributed by atoms with Crippen molar-refractivity contribution in [2.45, 2.75) is 6.92 Å². The number of benzene rings is 2. The second-order valence-corrected chi connectivity index (χ2v) is 4.20. The Morgan fingerprint density at radius 2 is 1.45 bits per heavy atom. The third-order valence-corrected chi connectivity index (χ3v) is 2.56. The van der Waals surface area contributed by atoms with Gasteiger partial charge in [0.05, 0.1) is 5.69 Å². The largest absolute Gasteiger partial charge is 0.322 e. The van der Waals surface area contributed by atoms with E-state index in [1.807, 2.05) is 18.2 Å². The first-order chi connectivity index (χ1) is 9.65. The first-order valence-corrected chi connectivity index (χ1v) is 6.14. The van der Waals surface area contributed by atoms with Crippen LogP contribution in [0, 0.1) is 0 Å². The van der Waals surface area contributed by atoms with Gasteiger partial charge in [-0.25, -0.2) is 0 Å². The molecule has 0 saturated heterocycles. The lowest BCUT2D eigenvalue weighted by Gasteiger charge is -2.08. The smallest absolute Gasteiger partial charge is 0.255 e. The molecule has 0 unspecified atom stereocenters. The van der Waals surface area contributed by atoms with Crippen LogP contribution in [0.5, 0.6) is 0 Å². The van der Waals surface area contributed by atoms with E-state index in [1.54, 1.807) is 36.4 Å². The molecule has 0 heterocycles. The zero-order valence-corrected chi connectivity index (χ0v) is 11.0. The maximum Gasteiger partial charge on any atom is 0.255 e. The monoisotopic (exact) mass is 269 g/mol. The summed E-state index contributed by atoms with van der Waals surface area (Å²) < 4.78 is 0. The summed E-state index contributed by atoms with van der Waals surface area (Å²) in [6.07, 6.45) is 0. The Balaban J connectivity index is 1.97. The molecule has 102 valence electrons. The fourth-order valence-electron chi connectivity index (χ4n) is 1.59. The van der Waals surface area contributed by atoms with Crippen LogP contribution in [0.1, 0.15) is 17.3 Å². The van der Waals surface area contributed by atoms with Crippen LogP contribution < -0.4 is 16.2 Å². The van der Waals surface area contributed by atoms with Crippen molar-refractivity contribution >= 4 is 23.2 Å². The fraction of sp³-hybridized carbons (Fsp3) is 0.0667. The average Bonchev–Trinajstić information content (AvgIpc) is 2.47. The van der Waals surface area contributed by atoms with E-state index in [0.717, 1.165) is 5.69 Å². The van der Waals surface area contributed by atoms with Crippen LogP contribution in [0.4, 0.5) is 11.4 Å². The van der Waals surface area contributed by atoms with Crippen LogP contribution in [-0.2, 0) is 4.79 Å². The number of hydrazine groups is 1. The highest BCUT2D eigenvalue weighted by atomic mass is 16.2. The number of hydrogen-bond acceptors (Lipinski definition) is 3. The Bertz CT molecular complexity index is 594. The van der Waals surface area contributed by atoms with E-state index in [4.69, 9.17) is 0 Å². The standard InChI is InChI=1S/C15H15N3O2/c1-11(19)17-18-14-9-7-13(8-10-14)16-15(20)12-5-3-2-4-6-12/h2-10,18H,1H3,(H,16,20)(H,17,19). The fourth-order valence-corrected chi connectivity index (χ4v) is 1.59. The number of rotatable bonds is 4. The Hall–Kier alpha value is -2.82. The van der Waals surface area contributed by atoms with Crippen molar-refractivity contribution in [1.82, 2.24) is 5.43 Å². The minimum atomic E-state index is -0.175. The van der Waals surface area contributed by atoms with Gasteiger partial charge in [0.1, 0.15) is 0 Å². The number of anilines is 2. The topological polar surface area (TPSA) is 70.2 Å². The van der Waals surface area contributed by atoms with Crippen LogP contribution in [-0.4, -0.2) is 11.8 Å². The van der Waals surface area contributed by atoms with E-state index in [1.165, 1.54) is 6.92 Å². The van der Waals surface area contributed by atoms with Crippen LogP contribution in [0.2, 0.25) is 0 Å². The predicted molar refractivity (Wildman–Crippen MR) is 78.3 cm³/mol. The molecule has 2 rings (SSSR count). The first-order valence-electron chi connectivity index (χ1n) is 6.14. The molecule has 20 heavy (non-hydrogen) atoms. The molecule has 0 saturated carbocycles. The molecule has 0 aliphatic heterocycles. The Kier molecular flexibility index (Phi) is 4.34. The molecule has 0 radical (unpaired) electrons. The molecular formula is C15H15N3O2. The number of nitrogens with one attached hydrogen (secondary N) is 3. The van der Waals surface area contributed by atoms with Gasteiger partial charge in [-0.2, -0.15) is 0 Å². The van der Waals surface area contributed by atoms with Gasteiger partial charge in [0.2, 0.25) is 5.91 Å². The van der Waals surface area contributed by atoms with Gasteiger partial charge in [0.25, 0.3) is 5.91 Å². The van der Waals surface area contributed by atoms with Crippen molar-refractivity contribution in [1.29, 1.82) is 0 Å². The Morgan fingerprint density at radius 1 is 0.850 bits per heavy atom. The second-order valence-electron chi connectivity index (χ2n) is 4.20. The lowest BCUT2D eigenvalue weighted by Crippen LogP contribution is -2.26. The van der Waals surface area contributed by atoms with E-state index in [-0.39, 0.29) is 11.8 Å². The van der Waals surface area contributed by atoms with Crippen molar-refractivity contribution in [2.75, 3.05) is 10.7 Å². The molecule has 2 aromatic rings. The molecule has 0 spiro atoms. The van der Waals surface area contributed by atoms with Crippen molar-refractivity contribution in [2.24, 2.45) is 0 Å². The van der Waals surface area contributed by atoms with Crippen molar-refractivity contribution in [3.05, 3.63) is 60.2 Å². The Morgan fingerprint density at radius 3 is 2.05 bits per heavy atom. The molecular weight excluding hydrogens is 254 g/mol.